The average molecular weight is 687 g/mol. The Morgan fingerprint density at radius 2 is 1.72 bits per heavy atom. The van der Waals surface area contributed by atoms with E-state index in [2.05, 4.69) is 5.32 Å². The molecule has 4 atom stereocenters. The number of fused-ring (bicyclic) bond motifs is 3. The van der Waals surface area contributed by atoms with E-state index in [1.807, 2.05) is 56.3 Å². The Morgan fingerprint density at radius 3 is 2.47 bits per heavy atom. The molecule has 47 heavy (non-hydrogen) atoms. The molecular weight excluding hydrogens is 657 g/mol. The molecule has 4 unspecified atom stereocenters. The normalized spacial score (nSPS) is 26.8. The summed E-state index contributed by atoms with van der Waals surface area (Å²) in [4.78, 5) is 35.2. The third-order valence-electron chi connectivity index (χ3n) is 9.62. The monoisotopic (exact) mass is 685 g/mol. The molecule has 1 aliphatic carbocycles. The quantitative estimate of drug-likeness (QED) is 0.199. The molecule has 1 saturated heterocycles. The van der Waals surface area contributed by atoms with Crippen molar-refractivity contribution in [3.63, 3.8) is 0 Å². The summed E-state index contributed by atoms with van der Waals surface area (Å²) in [6.45, 7) is 5.49. The van der Waals surface area contributed by atoms with Gasteiger partial charge in [-0.3, -0.25) is 19.6 Å². The van der Waals surface area contributed by atoms with E-state index in [4.69, 9.17) is 28.2 Å². The molecule has 1 aromatic heterocycles. The molecule has 3 aliphatic heterocycles. The second-order valence-corrected chi connectivity index (χ2v) is 15.8. The summed E-state index contributed by atoms with van der Waals surface area (Å²) in [5, 5.41) is 4.08. The van der Waals surface area contributed by atoms with Gasteiger partial charge in [0.15, 0.2) is 0 Å². The molecule has 0 spiro atoms. The summed E-state index contributed by atoms with van der Waals surface area (Å²) in [5.41, 5.74) is 2.88. The van der Waals surface area contributed by atoms with Crippen LogP contribution in [0.25, 0.3) is 10.9 Å². The summed E-state index contributed by atoms with van der Waals surface area (Å²) in [6.07, 6.45) is 5.38. The Morgan fingerprint density at radius 1 is 0.979 bits per heavy atom. The summed E-state index contributed by atoms with van der Waals surface area (Å²) < 4.78 is 29.4. The van der Waals surface area contributed by atoms with Crippen molar-refractivity contribution in [1.29, 1.82) is 0 Å². The van der Waals surface area contributed by atoms with Gasteiger partial charge in [0.2, 0.25) is 5.91 Å². The molecule has 4 aromatic rings. The minimum Gasteiger partial charge on any atom is -0.325 e. The fourth-order valence-electron chi connectivity index (χ4n) is 7.37. The molecule has 8 rings (SSSR count). The molecule has 0 saturated carbocycles. The van der Waals surface area contributed by atoms with Gasteiger partial charge < -0.3 is 5.32 Å². The fraction of sp³-hybridized carbons (Fsp3) is 0.229. The Hall–Kier alpha value is -4.38. The maximum Gasteiger partial charge on any atom is 0.330 e. The van der Waals surface area contributed by atoms with Gasteiger partial charge in [-0.15, -0.1) is 11.6 Å². The standard InChI is InChI=1S/C35H29Cl2N5O4S/c1-20-11-13-23(14-12-20)47(45,46)41-18-25(24-9-4-5-10-26(24)41)32-39-28(21-7-6-8-22(36)17-21)30-34(2)15-16-35(3,37)29-31(34)40(19-27(43)38-29)33(44)42(30)32/h4-18,28,30H,19H2,1-3H3,(H,38,43). The number of benzene rings is 3. The molecule has 0 radical (unpaired) electrons. The lowest BCUT2D eigenvalue weighted by molar-refractivity contribution is -0.122. The first-order chi connectivity index (χ1) is 22.3. The van der Waals surface area contributed by atoms with Crippen LogP contribution in [0.5, 0.6) is 0 Å². The average Bonchev–Trinajstić information content (AvgIpc) is 3.63. The van der Waals surface area contributed by atoms with E-state index in [0.717, 1.165) is 11.1 Å². The zero-order chi connectivity index (χ0) is 33.0. The third kappa shape index (κ3) is 4.28. The van der Waals surface area contributed by atoms with E-state index in [1.165, 1.54) is 15.1 Å². The van der Waals surface area contributed by atoms with Crippen molar-refractivity contribution in [2.75, 3.05) is 6.54 Å². The third-order valence-corrected chi connectivity index (χ3v) is 11.9. The highest BCUT2D eigenvalue weighted by atomic mass is 35.5. The highest BCUT2D eigenvalue weighted by Gasteiger charge is 2.62. The minimum atomic E-state index is -4.03. The van der Waals surface area contributed by atoms with Gasteiger partial charge in [0.25, 0.3) is 10.0 Å². The van der Waals surface area contributed by atoms with Crippen molar-refractivity contribution in [1.82, 2.24) is 19.1 Å². The van der Waals surface area contributed by atoms with Gasteiger partial charge in [0, 0.05) is 22.2 Å². The number of aromatic nitrogens is 1. The number of halogens is 2. The molecule has 1 fully saturated rings. The van der Waals surface area contributed by atoms with E-state index in [0.29, 0.717) is 38.7 Å². The van der Waals surface area contributed by atoms with Crippen molar-refractivity contribution < 1.29 is 18.0 Å². The van der Waals surface area contributed by atoms with Crippen LogP contribution < -0.4 is 5.32 Å². The Bertz CT molecular complexity index is 2260. The number of carbonyl (C=O) groups excluding carboxylic acids is 2. The number of aryl methyl sites for hydroxylation is 1. The number of hydrogen-bond donors (Lipinski definition) is 1. The maximum absolute atomic E-state index is 14.7. The summed E-state index contributed by atoms with van der Waals surface area (Å²) in [5.74, 6) is -0.0515. The van der Waals surface area contributed by atoms with Crippen molar-refractivity contribution in [2.45, 2.75) is 42.6 Å². The van der Waals surface area contributed by atoms with Gasteiger partial charge >= 0.3 is 6.03 Å². The summed E-state index contributed by atoms with van der Waals surface area (Å²) in [7, 11) is -4.03. The number of urea groups is 1. The molecule has 3 aromatic carbocycles. The van der Waals surface area contributed by atoms with Gasteiger partial charge in [0.05, 0.1) is 39.3 Å². The predicted molar refractivity (Wildman–Crippen MR) is 181 cm³/mol. The first kappa shape index (κ1) is 30.0. The molecule has 4 heterocycles. The number of alkyl halides is 1. The lowest BCUT2D eigenvalue weighted by Gasteiger charge is -2.55. The highest BCUT2D eigenvalue weighted by Crippen LogP contribution is 2.56. The van der Waals surface area contributed by atoms with Crippen LogP contribution in [-0.2, 0) is 14.8 Å². The number of para-hydroxylation sites is 1. The Kier molecular flexibility index (Phi) is 6.42. The Labute approximate surface area is 281 Å². The van der Waals surface area contributed by atoms with Gasteiger partial charge in [-0.1, -0.05) is 71.8 Å². The maximum atomic E-state index is 14.7. The van der Waals surface area contributed by atoms with Crippen LogP contribution in [0.1, 0.15) is 36.6 Å². The number of amides is 3. The van der Waals surface area contributed by atoms with E-state index in [9.17, 15) is 18.0 Å². The van der Waals surface area contributed by atoms with Gasteiger partial charge in [-0.25, -0.2) is 17.2 Å². The van der Waals surface area contributed by atoms with Crippen molar-refractivity contribution >= 4 is 61.9 Å². The van der Waals surface area contributed by atoms with E-state index >= 15 is 0 Å². The van der Waals surface area contributed by atoms with Crippen molar-refractivity contribution in [3.05, 3.63) is 124 Å². The summed E-state index contributed by atoms with van der Waals surface area (Å²) >= 11 is 13.4. The fourth-order valence-corrected chi connectivity index (χ4v) is 9.14. The SMILES string of the molecule is Cc1ccc(S(=O)(=O)n2cc(C3=NC(c4cccc(Cl)c4)C4N3C(=O)N3CC(=O)NC5=C3C4(C)C=CC5(C)Cl)c3ccccc32)cc1. The second-order valence-electron chi connectivity index (χ2n) is 12.8. The highest BCUT2D eigenvalue weighted by molar-refractivity contribution is 7.90. The van der Waals surface area contributed by atoms with Gasteiger partial charge in [-0.2, -0.15) is 0 Å². The molecule has 12 heteroatoms. The lowest BCUT2D eigenvalue weighted by Crippen LogP contribution is -2.67. The van der Waals surface area contributed by atoms with Crippen molar-refractivity contribution in [3.8, 4) is 0 Å². The first-order valence-corrected chi connectivity index (χ1v) is 17.3. The molecule has 9 nitrogen and oxygen atoms in total. The topological polar surface area (TPSA) is 104 Å². The molecule has 3 amide bonds. The van der Waals surface area contributed by atoms with Crippen LogP contribution in [-0.4, -0.2) is 57.4 Å². The zero-order valence-corrected chi connectivity index (χ0v) is 27.9. The molecule has 0 bridgehead atoms. The predicted octanol–water partition coefficient (Wildman–Crippen LogP) is 6.36. The molecule has 4 aliphatic rings. The lowest BCUT2D eigenvalue weighted by atomic mass is 9.67. The largest absolute Gasteiger partial charge is 0.330 e. The second kappa shape index (κ2) is 10.1. The molecule has 238 valence electrons. The number of nitrogens with one attached hydrogen (secondary N) is 1. The van der Waals surface area contributed by atoms with Crippen LogP contribution in [0.15, 0.2) is 112 Å². The minimum absolute atomic E-state index is 0.137. The number of allylic oxidation sites excluding steroid dienone is 1. The van der Waals surface area contributed by atoms with Crippen molar-refractivity contribution in [2.24, 2.45) is 10.4 Å². The molecular formula is C35H29Cl2N5O4S. The number of amidine groups is 1. The smallest absolute Gasteiger partial charge is 0.325 e. The number of rotatable bonds is 4. The first-order valence-electron chi connectivity index (χ1n) is 15.1. The van der Waals surface area contributed by atoms with Crippen LogP contribution in [0.4, 0.5) is 4.79 Å². The number of nitrogens with zero attached hydrogens (tertiary/aromatic N) is 4. The van der Waals surface area contributed by atoms with Gasteiger partial charge in [0.1, 0.15) is 17.3 Å². The van der Waals surface area contributed by atoms with Crippen LogP contribution in [0.3, 0.4) is 0 Å². The number of aliphatic imine (C=N–C) groups is 1. The van der Waals surface area contributed by atoms with E-state index in [1.54, 1.807) is 54.3 Å². The van der Waals surface area contributed by atoms with Crippen LogP contribution in [0.2, 0.25) is 5.02 Å². The number of carbonyl (C=O) groups is 2. The number of hydrogen-bond acceptors (Lipinski definition) is 5. The van der Waals surface area contributed by atoms with Gasteiger partial charge in [-0.05, 0) is 56.7 Å². The van der Waals surface area contributed by atoms with E-state index < -0.39 is 38.4 Å². The van der Waals surface area contributed by atoms with E-state index in [-0.39, 0.29) is 17.3 Å². The van der Waals surface area contributed by atoms with Crippen LogP contribution >= 0.6 is 23.2 Å². The Balaban J connectivity index is 1.38. The molecule has 1 N–H and O–H groups in total. The summed E-state index contributed by atoms with van der Waals surface area (Å²) in [6, 6.07) is 19.6. The zero-order valence-electron chi connectivity index (χ0n) is 25.6. The van der Waals surface area contributed by atoms with Crippen LogP contribution in [0, 0.1) is 12.3 Å².